The molecule has 6 heteroatoms. The number of rotatable bonds is 4. The van der Waals surface area contributed by atoms with Gasteiger partial charge in [-0.3, -0.25) is 4.79 Å². The lowest BCUT2D eigenvalue weighted by atomic mass is 9.86. The van der Waals surface area contributed by atoms with Crippen molar-refractivity contribution in [3.63, 3.8) is 0 Å². The summed E-state index contributed by atoms with van der Waals surface area (Å²) in [6.07, 6.45) is -0.104. The Labute approximate surface area is 120 Å². The monoisotopic (exact) mass is 302 g/mol. The predicted octanol–water partition coefficient (Wildman–Crippen LogP) is 3.27. The molecule has 0 spiro atoms. The molecule has 2 rings (SSSR count). The van der Waals surface area contributed by atoms with E-state index in [1.165, 1.54) is 0 Å². The van der Waals surface area contributed by atoms with Crippen LogP contribution in [0.3, 0.4) is 0 Å². The molecule has 1 saturated carbocycles. The maximum absolute atomic E-state index is 13.7. The number of hydrogen-bond donors (Lipinski definition) is 2. The number of aliphatic hydroxyl groups is 1. The zero-order valence-corrected chi connectivity index (χ0v) is 11.5. The third-order valence-corrected chi connectivity index (χ3v) is 4.35. The number of benzene rings is 1. The quantitative estimate of drug-likeness (QED) is 0.897. The van der Waals surface area contributed by atoms with Crippen LogP contribution < -0.4 is 0 Å². The van der Waals surface area contributed by atoms with Crippen LogP contribution in [-0.2, 0) is 4.79 Å². The van der Waals surface area contributed by atoms with Gasteiger partial charge in [-0.25, -0.2) is 13.2 Å². The summed E-state index contributed by atoms with van der Waals surface area (Å²) in [5.41, 5.74) is -0.649. The maximum atomic E-state index is 13.7. The first kappa shape index (κ1) is 15.8. The summed E-state index contributed by atoms with van der Waals surface area (Å²) >= 11 is 0. The van der Waals surface area contributed by atoms with Crippen molar-refractivity contribution in [3.8, 4) is 0 Å². The van der Waals surface area contributed by atoms with Crippen molar-refractivity contribution in [2.24, 2.45) is 17.8 Å². The topological polar surface area (TPSA) is 57.5 Å². The van der Waals surface area contributed by atoms with Gasteiger partial charge in [0.25, 0.3) is 0 Å². The number of halogens is 3. The molecule has 4 atom stereocenters. The van der Waals surface area contributed by atoms with Gasteiger partial charge in [-0.05, 0) is 18.8 Å². The summed E-state index contributed by atoms with van der Waals surface area (Å²) in [6.45, 7) is 1.90. The molecule has 21 heavy (non-hydrogen) atoms. The van der Waals surface area contributed by atoms with Crippen LogP contribution >= 0.6 is 0 Å². The predicted molar refractivity (Wildman–Crippen MR) is 68.9 cm³/mol. The van der Waals surface area contributed by atoms with Gasteiger partial charge in [0.15, 0.2) is 0 Å². The van der Waals surface area contributed by atoms with Crippen LogP contribution in [0.5, 0.6) is 0 Å². The summed E-state index contributed by atoms with van der Waals surface area (Å²) in [7, 11) is 0. The smallest absolute Gasteiger partial charge is 0.306 e. The number of carbonyl (C=O) groups is 1. The number of aliphatic hydroxyl groups excluding tert-OH is 1. The Morgan fingerprint density at radius 3 is 2.33 bits per heavy atom. The summed E-state index contributed by atoms with van der Waals surface area (Å²) in [4.78, 5) is 11.3. The van der Waals surface area contributed by atoms with Crippen molar-refractivity contribution in [2.75, 3.05) is 0 Å². The van der Waals surface area contributed by atoms with Gasteiger partial charge in [0, 0.05) is 18.1 Å². The van der Waals surface area contributed by atoms with Crippen molar-refractivity contribution >= 4 is 5.97 Å². The fourth-order valence-corrected chi connectivity index (χ4v) is 3.20. The first-order valence-corrected chi connectivity index (χ1v) is 6.90. The Balaban J connectivity index is 2.34. The molecule has 0 radical (unpaired) electrons. The van der Waals surface area contributed by atoms with E-state index in [1.807, 2.05) is 6.92 Å². The lowest BCUT2D eigenvalue weighted by molar-refractivity contribution is -0.144. The largest absolute Gasteiger partial charge is 0.481 e. The molecule has 1 aliphatic carbocycles. The number of carboxylic acid groups (broad SMARTS) is 1. The van der Waals surface area contributed by atoms with E-state index in [0.29, 0.717) is 25.0 Å². The van der Waals surface area contributed by atoms with Gasteiger partial charge in [0.2, 0.25) is 0 Å². The fraction of sp³-hybridized carbons (Fsp3) is 0.533. The van der Waals surface area contributed by atoms with Gasteiger partial charge in [-0.1, -0.05) is 13.3 Å². The molecule has 0 aliphatic heterocycles. The van der Waals surface area contributed by atoms with Gasteiger partial charge in [-0.2, -0.15) is 0 Å². The van der Waals surface area contributed by atoms with Crippen molar-refractivity contribution in [1.82, 2.24) is 0 Å². The second kappa shape index (κ2) is 6.05. The highest BCUT2D eigenvalue weighted by atomic mass is 19.1. The maximum Gasteiger partial charge on any atom is 0.306 e. The molecule has 1 aromatic rings. The second-order valence-electron chi connectivity index (χ2n) is 5.58. The highest BCUT2D eigenvalue weighted by molar-refractivity contribution is 5.71. The molecular formula is C15H17F3O3. The normalized spacial score (nSPS) is 26.8. The van der Waals surface area contributed by atoms with E-state index < -0.39 is 46.9 Å². The zero-order chi connectivity index (χ0) is 15.7. The highest BCUT2D eigenvalue weighted by Crippen LogP contribution is 2.45. The van der Waals surface area contributed by atoms with E-state index in [4.69, 9.17) is 0 Å². The Morgan fingerprint density at radius 2 is 1.86 bits per heavy atom. The second-order valence-corrected chi connectivity index (χ2v) is 5.58. The number of hydrogen-bond acceptors (Lipinski definition) is 2. The Morgan fingerprint density at radius 1 is 1.29 bits per heavy atom. The molecule has 2 N–H and O–H groups in total. The Kier molecular flexibility index (Phi) is 4.56. The van der Waals surface area contributed by atoms with Crippen LogP contribution in [0.15, 0.2) is 12.1 Å². The van der Waals surface area contributed by atoms with E-state index in [0.717, 1.165) is 6.42 Å². The Hall–Kier alpha value is -1.56. The summed E-state index contributed by atoms with van der Waals surface area (Å²) in [5.74, 6) is -6.08. The van der Waals surface area contributed by atoms with Crippen LogP contribution in [0, 0.1) is 35.2 Å². The molecule has 0 amide bonds. The van der Waals surface area contributed by atoms with Crippen molar-refractivity contribution < 1.29 is 28.2 Å². The van der Waals surface area contributed by atoms with E-state index in [-0.39, 0.29) is 5.92 Å². The van der Waals surface area contributed by atoms with Crippen molar-refractivity contribution in [3.05, 3.63) is 35.1 Å². The van der Waals surface area contributed by atoms with Crippen LogP contribution in [0.25, 0.3) is 0 Å². The number of aliphatic carboxylic acids is 1. The van der Waals surface area contributed by atoms with Gasteiger partial charge >= 0.3 is 5.97 Å². The molecule has 0 saturated heterocycles. The lowest BCUT2D eigenvalue weighted by Gasteiger charge is -2.23. The van der Waals surface area contributed by atoms with E-state index in [9.17, 15) is 28.2 Å². The molecule has 3 nitrogen and oxygen atoms in total. The minimum Gasteiger partial charge on any atom is -0.481 e. The average molecular weight is 302 g/mol. The minimum absolute atomic E-state index is 0.0947. The van der Waals surface area contributed by atoms with E-state index in [1.54, 1.807) is 0 Å². The molecule has 1 fully saturated rings. The lowest BCUT2D eigenvalue weighted by Crippen LogP contribution is -2.25. The molecule has 0 heterocycles. The van der Waals surface area contributed by atoms with Gasteiger partial charge in [0.05, 0.1) is 17.6 Å². The standard InChI is InChI=1S/C15H17F3O3/c1-2-7-3-9(10(4-7)15(20)21)14(19)13-11(17)5-8(16)6-12(13)18/h5-7,9-10,14,19H,2-4H2,1H3,(H,20,21). The molecule has 1 aliphatic rings. The molecule has 116 valence electrons. The SMILES string of the molecule is CCC1CC(C(=O)O)C(C(O)c2c(F)cc(F)cc2F)C1. The van der Waals surface area contributed by atoms with Gasteiger partial charge in [0.1, 0.15) is 17.5 Å². The molecule has 1 aromatic carbocycles. The molecule has 0 bridgehead atoms. The molecule has 4 unspecified atom stereocenters. The minimum atomic E-state index is -1.59. The van der Waals surface area contributed by atoms with E-state index >= 15 is 0 Å². The molecule has 0 aromatic heterocycles. The summed E-state index contributed by atoms with van der Waals surface area (Å²) < 4.78 is 40.4. The third-order valence-electron chi connectivity index (χ3n) is 4.35. The summed E-state index contributed by atoms with van der Waals surface area (Å²) in [5, 5.41) is 19.5. The molecular weight excluding hydrogens is 285 g/mol. The third kappa shape index (κ3) is 3.05. The summed E-state index contributed by atoms with van der Waals surface area (Å²) in [6, 6.07) is 0.979. The van der Waals surface area contributed by atoms with Crippen LogP contribution in [-0.4, -0.2) is 16.2 Å². The van der Waals surface area contributed by atoms with Gasteiger partial charge < -0.3 is 10.2 Å². The average Bonchev–Trinajstić information content (AvgIpc) is 2.81. The van der Waals surface area contributed by atoms with Crippen molar-refractivity contribution in [2.45, 2.75) is 32.3 Å². The van der Waals surface area contributed by atoms with Gasteiger partial charge in [-0.15, -0.1) is 0 Å². The van der Waals surface area contributed by atoms with E-state index in [2.05, 4.69) is 0 Å². The zero-order valence-electron chi connectivity index (χ0n) is 11.5. The highest BCUT2D eigenvalue weighted by Gasteiger charge is 2.43. The van der Waals surface area contributed by atoms with Crippen molar-refractivity contribution in [1.29, 1.82) is 0 Å². The Bertz CT molecular complexity index is 524. The van der Waals surface area contributed by atoms with Crippen LogP contribution in [0.2, 0.25) is 0 Å². The first-order valence-electron chi connectivity index (χ1n) is 6.90. The fourth-order valence-electron chi connectivity index (χ4n) is 3.20. The number of carboxylic acids is 1. The van der Waals surface area contributed by atoms with Crippen LogP contribution in [0.1, 0.15) is 37.9 Å². The first-order chi connectivity index (χ1) is 9.85. The van der Waals surface area contributed by atoms with Crippen LogP contribution in [0.4, 0.5) is 13.2 Å².